The molecule has 0 radical (unpaired) electrons. The van der Waals surface area contributed by atoms with Crippen LogP contribution in [0.4, 0.5) is 5.69 Å². The molecule has 0 bridgehead atoms. The van der Waals surface area contributed by atoms with E-state index < -0.39 is 0 Å². The predicted octanol–water partition coefficient (Wildman–Crippen LogP) is 2.80. The predicted molar refractivity (Wildman–Crippen MR) is 80.2 cm³/mol. The van der Waals surface area contributed by atoms with Crippen molar-refractivity contribution in [1.82, 2.24) is 9.78 Å². The van der Waals surface area contributed by atoms with Gasteiger partial charge in [-0.2, -0.15) is 5.10 Å². The Labute approximate surface area is 123 Å². The van der Waals surface area contributed by atoms with Crippen molar-refractivity contribution >= 4 is 11.7 Å². The lowest BCUT2D eigenvalue weighted by molar-refractivity contribution is 0.0435. The SMILES string of the molecule is Nc1ccccc1-n1ccc(C(=O)OCC2CCCC2)n1. The largest absolute Gasteiger partial charge is 0.461 e. The van der Waals surface area contributed by atoms with Crippen LogP contribution in [-0.2, 0) is 4.74 Å². The maximum Gasteiger partial charge on any atom is 0.358 e. The Morgan fingerprint density at radius 3 is 2.81 bits per heavy atom. The number of esters is 1. The van der Waals surface area contributed by atoms with Gasteiger partial charge in [-0.25, -0.2) is 9.48 Å². The highest BCUT2D eigenvalue weighted by Crippen LogP contribution is 2.25. The third kappa shape index (κ3) is 3.07. The van der Waals surface area contributed by atoms with Crippen LogP contribution in [0.5, 0.6) is 0 Å². The maximum atomic E-state index is 12.0. The zero-order valence-corrected chi connectivity index (χ0v) is 11.9. The van der Waals surface area contributed by atoms with Crippen LogP contribution in [0.15, 0.2) is 36.5 Å². The molecule has 1 aromatic heterocycles. The molecule has 1 saturated carbocycles. The molecule has 3 rings (SSSR count). The minimum atomic E-state index is -0.366. The quantitative estimate of drug-likeness (QED) is 0.692. The Morgan fingerprint density at radius 2 is 2.05 bits per heavy atom. The van der Waals surface area contributed by atoms with Crippen LogP contribution in [0.2, 0.25) is 0 Å². The number of nitrogen functional groups attached to an aromatic ring is 1. The van der Waals surface area contributed by atoms with E-state index in [1.54, 1.807) is 23.0 Å². The maximum absolute atomic E-state index is 12.0. The molecule has 0 unspecified atom stereocenters. The van der Waals surface area contributed by atoms with Crippen LogP contribution in [0.1, 0.15) is 36.2 Å². The Balaban J connectivity index is 1.66. The number of aromatic nitrogens is 2. The fraction of sp³-hybridized carbons (Fsp3) is 0.375. The van der Waals surface area contributed by atoms with Crippen molar-refractivity contribution < 1.29 is 9.53 Å². The van der Waals surface area contributed by atoms with E-state index in [-0.39, 0.29) is 5.97 Å². The van der Waals surface area contributed by atoms with Gasteiger partial charge in [0.25, 0.3) is 0 Å². The summed E-state index contributed by atoms with van der Waals surface area (Å²) in [4.78, 5) is 12.0. The summed E-state index contributed by atoms with van der Waals surface area (Å²) in [6.07, 6.45) is 6.51. The van der Waals surface area contributed by atoms with Gasteiger partial charge in [-0.3, -0.25) is 0 Å². The number of carbonyl (C=O) groups excluding carboxylic acids is 1. The second-order valence-corrected chi connectivity index (χ2v) is 5.45. The van der Waals surface area contributed by atoms with E-state index in [0.717, 1.165) is 18.5 Å². The third-order valence-electron chi connectivity index (χ3n) is 3.91. The summed E-state index contributed by atoms with van der Waals surface area (Å²) < 4.78 is 6.94. The number of hydrogen-bond donors (Lipinski definition) is 1. The fourth-order valence-corrected chi connectivity index (χ4v) is 2.71. The number of hydrogen-bond acceptors (Lipinski definition) is 4. The molecule has 0 atom stereocenters. The molecule has 0 aliphatic heterocycles. The van der Waals surface area contributed by atoms with Crippen LogP contribution >= 0.6 is 0 Å². The summed E-state index contributed by atoms with van der Waals surface area (Å²) in [6.45, 7) is 0.499. The first-order chi connectivity index (χ1) is 10.2. The van der Waals surface area contributed by atoms with Gasteiger partial charge in [0.1, 0.15) is 0 Å². The molecular weight excluding hydrogens is 266 g/mol. The second kappa shape index (κ2) is 5.99. The van der Waals surface area contributed by atoms with E-state index in [0.29, 0.717) is 23.9 Å². The average molecular weight is 285 g/mol. The molecule has 1 fully saturated rings. The van der Waals surface area contributed by atoms with Gasteiger partial charge in [-0.15, -0.1) is 0 Å². The van der Waals surface area contributed by atoms with E-state index in [1.165, 1.54) is 12.8 Å². The van der Waals surface area contributed by atoms with Gasteiger partial charge in [0, 0.05) is 6.20 Å². The van der Waals surface area contributed by atoms with E-state index in [9.17, 15) is 4.79 Å². The number of benzene rings is 1. The molecule has 110 valence electrons. The summed E-state index contributed by atoms with van der Waals surface area (Å²) >= 11 is 0. The van der Waals surface area contributed by atoms with Gasteiger partial charge < -0.3 is 10.5 Å². The molecule has 0 amide bonds. The fourth-order valence-electron chi connectivity index (χ4n) is 2.71. The lowest BCUT2D eigenvalue weighted by Crippen LogP contribution is -2.13. The normalized spacial score (nSPS) is 15.2. The second-order valence-electron chi connectivity index (χ2n) is 5.45. The molecule has 5 nitrogen and oxygen atoms in total. The number of nitrogens with two attached hydrogens (primary N) is 1. The topological polar surface area (TPSA) is 70.1 Å². The number of nitrogens with zero attached hydrogens (tertiary/aromatic N) is 2. The van der Waals surface area contributed by atoms with Gasteiger partial charge in [0.2, 0.25) is 0 Å². The molecule has 21 heavy (non-hydrogen) atoms. The van der Waals surface area contributed by atoms with E-state index in [1.807, 2.05) is 18.2 Å². The van der Waals surface area contributed by atoms with Gasteiger partial charge >= 0.3 is 5.97 Å². The van der Waals surface area contributed by atoms with Crippen LogP contribution in [0, 0.1) is 5.92 Å². The first-order valence-electron chi connectivity index (χ1n) is 7.32. The first kappa shape index (κ1) is 13.7. The standard InChI is InChI=1S/C16H19N3O2/c17-13-7-3-4-8-15(13)19-10-9-14(18-19)16(20)21-11-12-5-1-2-6-12/h3-4,7-10,12H,1-2,5-6,11,17H2. The summed E-state index contributed by atoms with van der Waals surface area (Å²) in [5, 5.41) is 4.25. The molecule has 0 spiro atoms. The Bertz CT molecular complexity index is 630. The van der Waals surface area contributed by atoms with Crippen molar-refractivity contribution in [3.05, 3.63) is 42.2 Å². The van der Waals surface area contributed by atoms with Gasteiger partial charge in [0.05, 0.1) is 18.0 Å². The Hall–Kier alpha value is -2.30. The Kier molecular flexibility index (Phi) is 3.90. The Morgan fingerprint density at radius 1 is 1.29 bits per heavy atom. The molecule has 1 aliphatic rings. The summed E-state index contributed by atoms with van der Waals surface area (Å²) in [6, 6.07) is 9.05. The van der Waals surface area contributed by atoms with Crippen molar-refractivity contribution in [2.45, 2.75) is 25.7 Å². The number of anilines is 1. The van der Waals surface area contributed by atoms with Crippen molar-refractivity contribution in [3.8, 4) is 5.69 Å². The van der Waals surface area contributed by atoms with E-state index in [4.69, 9.17) is 10.5 Å². The minimum absolute atomic E-state index is 0.316. The van der Waals surface area contributed by atoms with E-state index >= 15 is 0 Å². The number of para-hydroxylation sites is 2. The molecule has 1 aliphatic carbocycles. The van der Waals surface area contributed by atoms with Crippen LogP contribution < -0.4 is 5.73 Å². The third-order valence-corrected chi connectivity index (χ3v) is 3.91. The minimum Gasteiger partial charge on any atom is -0.461 e. The van der Waals surface area contributed by atoms with Gasteiger partial charge in [0.15, 0.2) is 5.69 Å². The number of carbonyl (C=O) groups is 1. The van der Waals surface area contributed by atoms with Gasteiger partial charge in [-0.1, -0.05) is 25.0 Å². The van der Waals surface area contributed by atoms with E-state index in [2.05, 4.69) is 5.10 Å². The van der Waals surface area contributed by atoms with Crippen LogP contribution in [-0.4, -0.2) is 22.4 Å². The highest BCUT2D eigenvalue weighted by atomic mass is 16.5. The zero-order chi connectivity index (χ0) is 14.7. The average Bonchev–Trinajstić information content (AvgIpc) is 3.17. The van der Waals surface area contributed by atoms with Crippen molar-refractivity contribution in [3.63, 3.8) is 0 Å². The lowest BCUT2D eigenvalue weighted by atomic mass is 10.1. The molecule has 0 saturated heterocycles. The smallest absolute Gasteiger partial charge is 0.358 e. The number of ether oxygens (including phenoxy) is 1. The molecule has 1 heterocycles. The molecule has 5 heteroatoms. The summed E-state index contributed by atoms with van der Waals surface area (Å²) in [5.74, 6) is 0.149. The highest BCUT2D eigenvalue weighted by Gasteiger charge is 2.19. The molecule has 2 N–H and O–H groups in total. The van der Waals surface area contributed by atoms with Gasteiger partial charge in [-0.05, 0) is 37.0 Å². The number of rotatable bonds is 4. The van der Waals surface area contributed by atoms with Crippen molar-refractivity contribution in [2.75, 3.05) is 12.3 Å². The van der Waals surface area contributed by atoms with Crippen LogP contribution in [0.3, 0.4) is 0 Å². The molecule has 1 aromatic carbocycles. The monoisotopic (exact) mass is 285 g/mol. The first-order valence-corrected chi connectivity index (χ1v) is 7.32. The zero-order valence-electron chi connectivity index (χ0n) is 11.9. The summed E-state index contributed by atoms with van der Waals surface area (Å²) in [7, 11) is 0. The molecular formula is C16H19N3O2. The van der Waals surface area contributed by atoms with Crippen LogP contribution in [0.25, 0.3) is 5.69 Å². The highest BCUT2D eigenvalue weighted by molar-refractivity contribution is 5.87. The van der Waals surface area contributed by atoms with Crippen molar-refractivity contribution in [2.24, 2.45) is 5.92 Å². The summed E-state index contributed by atoms with van der Waals surface area (Å²) in [5.41, 5.74) is 7.59. The van der Waals surface area contributed by atoms with Crippen molar-refractivity contribution in [1.29, 1.82) is 0 Å². The lowest BCUT2D eigenvalue weighted by Gasteiger charge is -2.08. The molecule has 2 aromatic rings.